The summed E-state index contributed by atoms with van der Waals surface area (Å²) in [6.45, 7) is 5.53. The number of rotatable bonds is 3. The number of carbonyl (C=O) groups is 1. The van der Waals surface area contributed by atoms with Crippen LogP contribution in [0.3, 0.4) is 0 Å². The van der Waals surface area contributed by atoms with Gasteiger partial charge in [0, 0.05) is 18.5 Å². The fraction of sp³-hybridized carbons (Fsp3) is 0.500. The minimum absolute atomic E-state index is 0.193. The van der Waals surface area contributed by atoms with Crippen LogP contribution in [0, 0.1) is 12.3 Å². The molecule has 0 saturated carbocycles. The van der Waals surface area contributed by atoms with Crippen molar-refractivity contribution in [2.24, 2.45) is 5.41 Å². The topological polar surface area (TPSA) is 36.7 Å². The zero-order valence-corrected chi connectivity index (χ0v) is 14.3. The van der Waals surface area contributed by atoms with E-state index in [2.05, 4.69) is 10.3 Å². The number of nitrogens with zero attached hydrogens (tertiary/aromatic N) is 2. The molecule has 2 aliphatic heterocycles. The van der Waals surface area contributed by atoms with Crippen LogP contribution in [0.4, 0.5) is 5.69 Å². The molecule has 4 heterocycles. The Morgan fingerprint density at radius 1 is 1.26 bits per heavy atom. The molecule has 0 N–H and O–H groups in total. The summed E-state index contributed by atoms with van der Waals surface area (Å²) in [5.74, 6) is 2.27. The highest BCUT2D eigenvalue weighted by Gasteiger charge is 2.49. The highest BCUT2D eigenvalue weighted by molar-refractivity contribution is 7.08. The number of aryl methyl sites for hydroxylation is 1. The van der Waals surface area contributed by atoms with Gasteiger partial charge in [0.15, 0.2) is 0 Å². The number of piperidine rings is 1. The van der Waals surface area contributed by atoms with Crippen LogP contribution in [0.1, 0.15) is 30.8 Å². The normalized spacial score (nSPS) is 25.6. The molecule has 4 rings (SSSR count). The second kappa shape index (κ2) is 5.80. The van der Waals surface area contributed by atoms with Crippen LogP contribution >= 0.6 is 11.3 Å². The van der Waals surface area contributed by atoms with Gasteiger partial charge < -0.3 is 9.32 Å². The molecule has 1 amide bonds. The lowest BCUT2D eigenvalue weighted by Gasteiger charge is -2.38. The van der Waals surface area contributed by atoms with Crippen molar-refractivity contribution in [3.8, 4) is 0 Å². The van der Waals surface area contributed by atoms with E-state index in [1.807, 2.05) is 35.4 Å². The highest BCUT2D eigenvalue weighted by Crippen LogP contribution is 2.42. The first kappa shape index (κ1) is 15.0. The Kier molecular flexibility index (Phi) is 3.77. The van der Waals surface area contributed by atoms with Gasteiger partial charge in [0.25, 0.3) is 0 Å². The van der Waals surface area contributed by atoms with Crippen LogP contribution < -0.4 is 4.90 Å². The number of carbonyl (C=O) groups excluding carboxylic acids is 1. The number of hydrogen-bond acceptors (Lipinski definition) is 4. The van der Waals surface area contributed by atoms with Crippen molar-refractivity contribution in [2.45, 2.75) is 32.7 Å². The van der Waals surface area contributed by atoms with E-state index in [1.54, 1.807) is 11.3 Å². The summed E-state index contributed by atoms with van der Waals surface area (Å²) < 4.78 is 5.71. The Morgan fingerprint density at radius 2 is 2.17 bits per heavy atom. The van der Waals surface area contributed by atoms with Gasteiger partial charge >= 0.3 is 0 Å². The molecule has 2 aromatic heterocycles. The molecule has 1 spiro atoms. The largest absolute Gasteiger partial charge is 0.465 e. The first-order valence-electron chi connectivity index (χ1n) is 8.28. The van der Waals surface area contributed by atoms with Crippen LogP contribution in [-0.2, 0) is 11.3 Å². The lowest BCUT2D eigenvalue weighted by molar-refractivity contribution is -0.128. The van der Waals surface area contributed by atoms with E-state index >= 15 is 0 Å². The summed E-state index contributed by atoms with van der Waals surface area (Å²) in [7, 11) is 0. The number of likely N-dealkylation sites (tertiary alicyclic amines) is 1. The fourth-order valence-electron chi connectivity index (χ4n) is 4.01. The summed E-state index contributed by atoms with van der Waals surface area (Å²) >= 11 is 1.65. The molecule has 0 aliphatic carbocycles. The summed E-state index contributed by atoms with van der Waals surface area (Å²) in [6.07, 6.45) is 3.07. The van der Waals surface area contributed by atoms with Crippen LogP contribution in [0.5, 0.6) is 0 Å². The molecule has 1 atom stereocenters. The molecule has 4 nitrogen and oxygen atoms in total. The van der Waals surface area contributed by atoms with Crippen molar-refractivity contribution in [2.75, 3.05) is 24.5 Å². The Bertz CT molecular complexity index is 694. The SMILES string of the molecule is Cc1ccc(CN2CCC[C@]3(CCN(c4ccsc4)C3=O)C2)o1. The zero-order chi connectivity index (χ0) is 15.9. The average Bonchev–Trinajstić information content (AvgIpc) is 3.24. The Hall–Kier alpha value is -1.59. The first-order chi connectivity index (χ1) is 11.2. The monoisotopic (exact) mass is 330 g/mol. The smallest absolute Gasteiger partial charge is 0.234 e. The average molecular weight is 330 g/mol. The van der Waals surface area contributed by atoms with Crippen molar-refractivity contribution in [3.63, 3.8) is 0 Å². The van der Waals surface area contributed by atoms with E-state index in [9.17, 15) is 4.79 Å². The fourth-order valence-corrected chi connectivity index (χ4v) is 4.65. The zero-order valence-electron chi connectivity index (χ0n) is 13.5. The Morgan fingerprint density at radius 3 is 2.91 bits per heavy atom. The second-order valence-electron chi connectivity index (χ2n) is 6.80. The van der Waals surface area contributed by atoms with Gasteiger partial charge in [-0.3, -0.25) is 9.69 Å². The molecule has 2 aliphatic rings. The maximum atomic E-state index is 13.1. The predicted molar refractivity (Wildman–Crippen MR) is 91.7 cm³/mol. The van der Waals surface area contributed by atoms with Gasteiger partial charge in [0.2, 0.25) is 5.91 Å². The molecule has 0 radical (unpaired) electrons. The summed E-state index contributed by atoms with van der Waals surface area (Å²) in [5.41, 5.74) is 0.873. The lowest BCUT2D eigenvalue weighted by Crippen LogP contribution is -2.47. The minimum atomic E-state index is -0.193. The molecular formula is C18H22N2O2S. The number of thiophene rings is 1. The lowest BCUT2D eigenvalue weighted by atomic mass is 9.78. The predicted octanol–water partition coefficient (Wildman–Crippen LogP) is 3.67. The molecule has 2 aromatic rings. The molecule has 0 aromatic carbocycles. The van der Waals surface area contributed by atoms with Crippen LogP contribution in [0.25, 0.3) is 0 Å². The minimum Gasteiger partial charge on any atom is -0.465 e. The third-order valence-electron chi connectivity index (χ3n) is 5.16. The number of anilines is 1. The maximum absolute atomic E-state index is 13.1. The van der Waals surface area contributed by atoms with E-state index in [-0.39, 0.29) is 5.41 Å². The molecule has 23 heavy (non-hydrogen) atoms. The van der Waals surface area contributed by atoms with Crippen LogP contribution in [0.15, 0.2) is 33.4 Å². The number of furan rings is 1. The van der Waals surface area contributed by atoms with E-state index in [0.29, 0.717) is 5.91 Å². The molecule has 2 saturated heterocycles. The van der Waals surface area contributed by atoms with Gasteiger partial charge in [-0.25, -0.2) is 0 Å². The maximum Gasteiger partial charge on any atom is 0.234 e. The molecule has 0 bridgehead atoms. The number of hydrogen-bond donors (Lipinski definition) is 0. The highest BCUT2D eigenvalue weighted by atomic mass is 32.1. The van der Waals surface area contributed by atoms with E-state index < -0.39 is 0 Å². The molecule has 5 heteroatoms. The quantitative estimate of drug-likeness (QED) is 0.861. The first-order valence-corrected chi connectivity index (χ1v) is 9.22. The number of amides is 1. The molecule has 0 unspecified atom stereocenters. The van der Waals surface area contributed by atoms with E-state index in [1.165, 1.54) is 0 Å². The van der Waals surface area contributed by atoms with Crippen molar-refractivity contribution in [1.29, 1.82) is 0 Å². The molecule has 2 fully saturated rings. The standard InChI is InChI=1S/C18H22N2O2S/c1-14-3-4-16(22-14)11-19-8-2-6-18(13-19)7-9-20(17(18)21)15-5-10-23-12-15/h3-5,10,12H,2,6-9,11,13H2,1H3/t18-/m0/s1. The van der Waals surface area contributed by atoms with Gasteiger partial charge in [-0.15, -0.1) is 0 Å². The Balaban J connectivity index is 1.49. The van der Waals surface area contributed by atoms with Gasteiger partial charge in [-0.1, -0.05) is 0 Å². The summed E-state index contributed by atoms with van der Waals surface area (Å²) in [6, 6.07) is 6.10. The second-order valence-corrected chi connectivity index (χ2v) is 7.58. The molecular weight excluding hydrogens is 308 g/mol. The third kappa shape index (κ3) is 2.72. The third-order valence-corrected chi connectivity index (χ3v) is 5.83. The van der Waals surface area contributed by atoms with Gasteiger partial charge in [0.05, 0.1) is 17.6 Å². The van der Waals surface area contributed by atoms with Crippen molar-refractivity contribution >= 4 is 22.9 Å². The van der Waals surface area contributed by atoms with Gasteiger partial charge in [0.1, 0.15) is 11.5 Å². The van der Waals surface area contributed by atoms with Crippen molar-refractivity contribution in [1.82, 2.24) is 4.90 Å². The van der Waals surface area contributed by atoms with Crippen LogP contribution in [0.2, 0.25) is 0 Å². The summed E-state index contributed by atoms with van der Waals surface area (Å²) in [5, 5.41) is 4.11. The Labute approximate surface area is 140 Å². The summed E-state index contributed by atoms with van der Waals surface area (Å²) in [4.78, 5) is 17.4. The van der Waals surface area contributed by atoms with Gasteiger partial charge in [-0.2, -0.15) is 11.3 Å². The van der Waals surface area contributed by atoms with Crippen LogP contribution in [-0.4, -0.2) is 30.4 Å². The van der Waals surface area contributed by atoms with E-state index in [0.717, 1.165) is 62.6 Å². The van der Waals surface area contributed by atoms with Gasteiger partial charge in [-0.05, 0) is 56.3 Å². The van der Waals surface area contributed by atoms with Crippen molar-refractivity contribution in [3.05, 3.63) is 40.5 Å². The van der Waals surface area contributed by atoms with Crippen molar-refractivity contribution < 1.29 is 9.21 Å². The van der Waals surface area contributed by atoms with E-state index in [4.69, 9.17) is 4.42 Å². The molecule has 122 valence electrons.